The number of nitrogens with one attached hydrogen (secondary N) is 1. The molecule has 2 atom stereocenters. The lowest BCUT2D eigenvalue weighted by atomic mass is 9.91. The van der Waals surface area contributed by atoms with Crippen molar-refractivity contribution in [3.63, 3.8) is 0 Å². The number of nitrogens with zero attached hydrogens (tertiary/aromatic N) is 2. The van der Waals surface area contributed by atoms with E-state index in [2.05, 4.69) is 42.8 Å². The molecule has 1 aliphatic rings. The SMILES string of the molecule is CCNC(C)C1CCCN(CCN(CC)CC)C1. The van der Waals surface area contributed by atoms with Crippen LogP contribution in [0.3, 0.4) is 0 Å². The first-order valence-electron chi connectivity index (χ1n) is 7.89. The predicted octanol–water partition coefficient (Wildman–Crippen LogP) is 2.04. The fourth-order valence-corrected chi connectivity index (χ4v) is 3.01. The minimum Gasteiger partial charge on any atom is -0.314 e. The highest BCUT2D eigenvalue weighted by Crippen LogP contribution is 2.19. The average Bonchev–Trinajstić information content (AvgIpc) is 2.40. The molecule has 2 unspecified atom stereocenters. The Balaban J connectivity index is 2.30. The molecule has 0 radical (unpaired) electrons. The maximum absolute atomic E-state index is 3.59. The predicted molar refractivity (Wildman–Crippen MR) is 80.1 cm³/mol. The normalized spacial score (nSPS) is 23.5. The molecule has 0 aromatic heterocycles. The molecule has 0 aromatic rings. The van der Waals surface area contributed by atoms with Gasteiger partial charge in [-0.05, 0) is 51.9 Å². The van der Waals surface area contributed by atoms with Crippen LogP contribution < -0.4 is 5.32 Å². The van der Waals surface area contributed by atoms with Gasteiger partial charge in [-0.1, -0.05) is 20.8 Å². The van der Waals surface area contributed by atoms with Crippen LogP contribution in [0.4, 0.5) is 0 Å². The summed E-state index contributed by atoms with van der Waals surface area (Å²) >= 11 is 0. The van der Waals surface area contributed by atoms with E-state index >= 15 is 0 Å². The number of rotatable bonds is 8. The average molecular weight is 255 g/mol. The van der Waals surface area contributed by atoms with Gasteiger partial charge in [-0.2, -0.15) is 0 Å². The van der Waals surface area contributed by atoms with Gasteiger partial charge >= 0.3 is 0 Å². The van der Waals surface area contributed by atoms with E-state index in [0.717, 1.165) is 12.5 Å². The third-order valence-corrected chi connectivity index (χ3v) is 4.40. The van der Waals surface area contributed by atoms with Gasteiger partial charge in [0.1, 0.15) is 0 Å². The summed E-state index contributed by atoms with van der Waals surface area (Å²) in [5.74, 6) is 0.843. The van der Waals surface area contributed by atoms with Crippen LogP contribution in [0.2, 0.25) is 0 Å². The maximum atomic E-state index is 3.59. The summed E-state index contributed by atoms with van der Waals surface area (Å²) in [5.41, 5.74) is 0. The second-order valence-electron chi connectivity index (χ2n) is 5.58. The monoisotopic (exact) mass is 255 g/mol. The zero-order valence-corrected chi connectivity index (χ0v) is 12.9. The fourth-order valence-electron chi connectivity index (χ4n) is 3.01. The lowest BCUT2D eigenvalue weighted by Gasteiger charge is -2.37. The lowest BCUT2D eigenvalue weighted by Crippen LogP contribution is -2.46. The third-order valence-electron chi connectivity index (χ3n) is 4.40. The minimum absolute atomic E-state index is 0.672. The van der Waals surface area contributed by atoms with Gasteiger partial charge in [0.25, 0.3) is 0 Å². The Labute approximate surface area is 114 Å². The van der Waals surface area contributed by atoms with E-state index in [9.17, 15) is 0 Å². The molecular formula is C15H33N3. The van der Waals surface area contributed by atoms with Crippen molar-refractivity contribution in [3.8, 4) is 0 Å². The van der Waals surface area contributed by atoms with E-state index in [4.69, 9.17) is 0 Å². The maximum Gasteiger partial charge on any atom is 0.0109 e. The van der Waals surface area contributed by atoms with Crippen LogP contribution in [0.15, 0.2) is 0 Å². The fraction of sp³-hybridized carbons (Fsp3) is 1.00. The van der Waals surface area contributed by atoms with Crippen molar-refractivity contribution in [3.05, 3.63) is 0 Å². The summed E-state index contributed by atoms with van der Waals surface area (Å²) in [7, 11) is 0. The topological polar surface area (TPSA) is 18.5 Å². The molecule has 0 aromatic carbocycles. The van der Waals surface area contributed by atoms with E-state index in [1.165, 1.54) is 52.1 Å². The first-order chi connectivity index (χ1) is 8.71. The number of hydrogen-bond donors (Lipinski definition) is 1. The number of likely N-dealkylation sites (N-methyl/N-ethyl adjacent to an activating group) is 1. The third kappa shape index (κ3) is 5.25. The Kier molecular flexibility index (Phi) is 7.87. The quantitative estimate of drug-likeness (QED) is 0.716. The number of likely N-dealkylation sites (tertiary alicyclic amines) is 1. The highest BCUT2D eigenvalue weighted by atomic mass is 15.2. The van der Waals surface area contributed by atoms with Crippen molar-refractivity contribution in [2.45, 2.75) is 46.6 Å². The van der Waals surface area contributed by atoms with Crippen LogP contribution in [0.5, 0.6) is 0 Å². The first-order valence-corrected chi connectivity index (χ1v) is 7.89. The first kappa shape index (κ1) is 15.9. The Morgan fingerprint density at radius 2 is 2.00 bits per heavy atom. The van der Waals surface area contributed by atoms with Crippen molar-refractivity contribution >= 4 is 0 Å². The highest BCUT2D eigenvalue weighted by molar-refractivity contribution is 4.80. The van der Waals surface area contributed by atoms with Crippen molar-refractivity contribution < 1.29 is 0 Å². The summed E-state index contributed by atoms with van der Waals surface area (Å²) in [6, 6.07) is 0.672. The smallest absolute Gasteiger partial charge is 0.0109 e. The minimum atomic E-state index is 0.672. The lowest BCUT2D eigenvalue weighted by molar-refractivity contribution is 0.134. The summed E-state index contributed by atoms with van der Waals surface area (Å²) in [6.07, 6.45) is 2.77. The molecule has 1 heterocycles. The van der Waals surface area contributed by atoms with Crippen LogP contribution in [-0.2, 0) is 0 Å². The van der Waals surface area contributed by atoms with E-state index in [0.29, 0.717) is 6.04 Å². The molecule has 0 amide bonds. The Hall–Kier alpha value is -0.120. The van der Waals surface area contributed by atoms with Crippen LogP contribution in [-0.4, -0.2) is 61.7 Å². The van der Waals surface area contributed by atoms with Gasteiger partial charge in [-0.15, -0.1) is 0 Å². The van der Waals surface area contributed by atoms with Crippen molar-refractivity contribution in [2.75, 3.05) is 45.8 Å². The van der Waals surface area contributed by atoms with E-state index in [-0.39, 0.29) is 0 Å². The second kappa shape index (κ2) is 8.89. The van der Waals surface area contributed by atoms with Crippen molar-refractivity contribution in [1.29, 1.82) is 0 Å². The van der Waals surface area contributed by atoms with Gasteiger partial charge < -0.3 is 15.1 Å². The molecule has 108 valence electrons. The zero-order valence-electron chi connectivity index (χ0n) is 12.9. The molecule has 1 rings (SSSR count). The molecule has 0 spiro atoms. The molecule has 1 fully saturated rings. The summed E-state index contributed by atoms with van der Waals surface area (Å²) in [5, 5.41) is 3.59. The zero-order chi connectivity index (χ0) is 13.4. The van der Waals surface area contributed by atoms with Crippen LogP contribution in [0.25, 0.3) is 0 Å². The number of piperidine rings is 1. The molecule has 0 aliphatic carbocycles. The van der Waals surface area contributed by atoms with Crippen molar-refractivity contribution in [1.82, 2.24) is 15.1 Å². The van der Waals surface area contributed by atoms with Crippen molar-refractivity contribution in [2.24, 2.45) is 5.92 Å². The highest BCUT2D eigenvalue weighted by Gasteiger charge is 2.23. The largest absolute Gasteiger partial charge is 0.314 e. The standard InChI is InChI=1S/C15H33N3/c1-5-16-14(4)15-9-8-10-18(13-15)12-11-17(6-2)7-3/h14-16H,5-13H2,1-4H3. The molecule has 0 saturated carbocycles. The molecule has 1 saturated heterocycles. The van der Waals surface area contributed by atoms with Crippen LogP contribution in [0.1, 0.15) is 40.5 Å². The molecular weight excluding hydrogens is 222 g/mol. The Morgan fingerprint density at radius 1 is 1.28 bits per heavy atom. The molecule has 0 bridgehead atoms. The van der Waals surface area contributed by atoms with E-state index in [1.54, 1.807) is 0 Å². The summed E-state index contributed by atoms with van der Waals surface area (Å²) in [6.45, 7) is 17.6. The van der Waals surface area contributed by atoms with Gasteiger partial charge in [0, 0.05) is 25.7 Å². The summed E-state index contributed by atoms with van der Waals surface area (Å²) in [4.78, 5) is 5.19. The van der Waals surface area contributed by atoms with Gasteiger partial charge in [0.15, 0.2) is 0 Å². The van der Waals surface area contributed by atoms with Gasteiger partial charge in [-0.3, -0.25) is 0 Å². The van der Waals surface area contributed by atoms with E-state index in [1.807, 2.05) is 0 Å². The van der Waals surface area contributed by atoms with Crippen LogP contribution >= 0.6 is 0 Å². The van der Waals surface area contributed by atoms with Gasteiger partial charge in [0.2, 0.25) is 0 Å². The molecule has 3 nitrogen and oxygen atoms in total. The molecule has 1 N–H and O–H groups in total. The molecule has 1 aliphatic heterocycles. The van der Waals surface area contributed by atoms with E-state index < -0.39 is 0 Å². The Bertz CT molecular complexity index is 204. The summed E-state index contributed by atoms with van der Waals surface area (Å²) < 4.78 is 0. The molecule has 18 heavy (non-hydrogen) atoms. The van der Waals surface area contributed by atoms with Gasteiger partial charge in [-0.25, -0.2) is 0 Å². The molecule has 3 heteroatoms. The second-order valence-corrected chi connectivity index (χ2v) is 5.58. The number of hydrogen-bond acceptors (Lipinski definition) is 3. The Morgan fingerprint density at radius 3 is 2.61 bits per heavy atom. The van der Waals surface area contributed by atoms with Gasteiger partial charge in [0.05, 0.1) is 0 Å². The van der Waals surface area contributed by atoms with Crippen LogP contribution in [0, 0.1) is 5.92 Å².